The van der Waals surface area contributed by atoms with Crippen molar-refractivity contribution in [2.24, 2.45) is 0 Å². The van der Waals surface area contributed by atoms with E-state index in [-0.39, 0.29) is 0 Å². The Balaban J connectivity index is 1.82. The zero-order valence-electron chi connectivity index (χ0n) is 9.39. The molecule has 0 atom stereocenters. The van der Waals surface area contributed by atoms with Crippen LogP contribution in [0.15, 0.2) is 54.6 Å². The molecule has 0 radical (unpaired) electrons. The van der Waals surface area contributed by atoms with E-state index in [4.69, 9.17) is 5.73 Å². The SMILES string of the molecule is Nc1ccc(CCCc2ccccc2)cc1. The molecule has 0 bridgehead atoms. The molecule has 0 amide bonds. The van der Waals surface area contributed by atoms with Gasteiger partial charge >= 0.3 is 0 Å². The summed E-state index contributed by atoms with van der Waals surface area (Å²) in [6.07, 6.45) is 3.45. The van der Waals surface area contributed by atoms with E-state index >= 15 is 0 Å². The van der Waals surface area contributed by atoms with E-state index in [9.17, 15) is 0 Å². The minimum Gasteiger partial charge on any atom is -0.399 e. The van der Waals surface area contributed by atoms with Crippen molar-refractivity contribution in [2.75, 3.05) is 5.73 Å². The highest BCUT2D eigenvalue weighted by molar-refractivity contribution is 5.39. The van der Waals surface area contributed by atoms with Gasteiger partial charge in [-0.15, -0.1) is 0 Å². The fourth-order valence-corrected chi connectivity index (χ4v) is 1.83. The smallest absolute Gasteiger partial charge is 0.0314 e. The summed E-state index contributed by atoms with van der Waals surface area (Å²) in [6, 6.07) is 18.8. The maximum atomic E-state index is 5.65. The summed E-state index contributed by atoms with van der Waals surface area (Å²) in [5.41, 5.74) is 9.27. The minimum absolute atomic E-state index is 0.840. The number of nitrogens with two attached hydrogens (primary N) is 1. The van der Waals surface area contributed by atoms with Crippen LogP contribution in [0.2, 0.25) is 0 Å². The maximum Gasteiger partial charge on any atom is 0.0314 e. The second kappa shape index (κ2) is 5.36. The zero-order chi connectivity index (χ0) is 11.2. The Morgan fingerprint density at radius 3 is 1.88 bits per heavy atom. The van der Waals surface area contributed by atoms with E-state index in [2.05, 4.69) is 42.5 Å². The van der Waals surface area contributed by atoms with Gasteiger partial charge < -0.3 is 5.73 Å². The van der Waals surface area contributed by atoms with E-state index in [1.165, 1.54) is 17.5 Å². The van der Waals surface area contributed by atoms with Crippen LogP contribution in [0.25, 0.3) is 0 Å². The molecule has 0 aliphatic rings. The Kier molecular flexibility index (Phi) is 3.60. The highest BCUT2D eigenvalue weighted by Crippen LogP contribution is 2.10. The minimum atomic E-state index is 0.840. The predicted octanol–water partition coefficient (Wildman–Crippen LogP) is 3.44. The van der Waals surface area contributed by atoms with Crippen molar-refractivity contribution in [3.8, 4) is 0 Å². The molecule has 2 N–H and O–H groups in total. The van der Waals surface area contributed by atoms with Crippen molar-refractivity contribution in [1.29, 1.82) is 0 Å². The van der Waals surface area contributed by atoms with Crippen molar-refractivity contribution < 1.29 is 0 Å². The van der Waals surface area contributed by atoms with Gasteiger partial charge in [0, 0.05) is 5.69 Å². The second-order valence-electron chi connectivity index (χ2n) is 4.08. The number of aryl methyl sites for hydroxylation is 2. The fraction of sp³-hybridized carbons (Fsp3) is 0.200. The topological polar surface area (TPSA) is 26.0 Å². The van der Waals surface area contributed by atoms with Gasteiger partial charge in [-0.05, 0) is 42.5 Å². The summed E-state index contributed by atoms with van der Waals surface area (Å²) in [4.78, 5) is 0. The standard InChI is InChI=1S/C15H17N/c16-15-11-9-14(10-12-15)8-4-7-13-5-2-1-3-6-13/h1-3,5-6,9-12H,4,7-8,16H2. The number of hydrogen-bond donors (Lipinski definition) is 1. The first-order valence-electron chi connectivity index (χ1n) is 5.73. The van der Waals surface area contributed by atoms with Gasteiger partial charge in [0.2, 0.25) is 0 Å². The third-order valence-electron chi connectivity index (χ3n) is 2.75. The lowest BCUT2D eigenvalue weighted by atomic mass is 10.0. The molecule has 2 rings (SSSR count). The quantitative estimate of drug-likeness (QED) is 0.770. The highest BCUT2D eigenvalue weighted by atomic mass is 14.5. The molecule has 0 saturated carbocycles. The highest BCUT2D eigenvalue weighted by Gasteiger charge is 1.95. The Morgan fingerprint density at radius 1 is 0.688 bits per heavy atom. The Morgan fingerprint density at radius 2 is 1.25 bits per heavy atom. The van der Waals surface area contributed by atoms with Gasteiger partial charge in [0.25, 0.3) is 0 Å². The molecule has 0 fully saturated rings. The van der Waals surface area contributed by atoms with Gasteiger partial charge in [-0.1, -0.05) is 42.5 Å². The molecule has 0 aliphatic carbocycles. The first kappa shape index (κ1) is 10.7. The number of benzene rings is 2. The van der Waals surface area contributed by atoms with Crippen molar-refractivity contribution in [3.63, 3.8) is 0 Å². The molecule has 2 aromatic rings. The summed E-state index contributed by atoms with van der Waals surface area (Å²) in [5, 5.41) is 0. The molecule has 0 heterocycles. The zero-order valence-corrected chi connectivity index (χ0v) is 9.39. The van der Waals surface area contributed by atoms with E-state index in [1.807, 2.05) is 12.1 Å². The average Bonchev–Trinajstić information content (AvgIpc) is 2.33. The molecule has 0 aromatic heterocycles. The monoisotopic (exact) mass is 211 g/mol. The summed E-state index contributed by atoms with van der Waals surface area (Å²) in [5.74, 6) is 0. The van der Waals surface area contributed by atoms with Crippen LogP contribution in [0.5, 0.6) is 0 Å². The van der Waals surface area contributed by atoms with Crippen LogP contribution in [0.1, 0.15) is 17.5 Å². The summed E-state index contributed by atoms with van der Waals surface area (Å²) in [6.45, 7) is 0. The van der Waals surface area contributed by atoms with Gasteiger partial charge in [0.05, 0.1) is 0 Å². The fourth-order valence-electron chi connectivity index (χ4n) is 1.83. The first-order chi connectivity index (χ1) is 7.84. The van der Waals surface area contributed by atoms with Crippen LogP contribution in [0.4, 0.5) is 5.69 Å². The Bertz CT molecular complexity index is 417. The van der Waals surface area contributed by atoms with E-state index < -0.39 is 0 Å². The van der Waals surface area contributed by atoms with Gasteiger partial charge in [0.15, 0.2) is 0 Å². The predicted molar refractivity (Wildman–Crippen MR) is 69.3 cm³/mol. The van der Waals surface area contributed by atoms with Crippen molar-refractivity contribution in [2.45, 2.75) is 19.3 Å². The van der Waals surface area contributed by atoms with Crippen LogP contribution in [0.3, 0.4) is 0 Å². The Hall–Kier alpha value is -1.76. The van der Waals surface area contributed by atoms with E-state index in [0.29, 0.717) is 0 Å². The molecular weight excluding hydrogens is 194 g/mol. The number of rotatable bonds is 4. The molecule has 0 saturated heterocycles. The van der Waals surface area contributed by atoms with Gasteiger partial charge in [-0.3, -0.25) is 0 Å². The van der Waals surface area contributed by atoms with Crippen LogP contribution in [-0.4, -0.2) is 0 Å². The lowest BCUT2D eigenvalue weighted by molar-refractivity contribution is 0.821. The summed E-state index contributed by atoms with van der Waals surface area (Å²) in [7, 11) is 0. The molecule has 16 heavy (non-hydrogen) atoms. The number of anilines is 1. The van der Waals surface area contributed by atoms with Gasteiger partial charge in [0.1, 0.15) is 0 Å². The molecule has 2 aromatic carbocycles. The molecule has 82 valence electrons. The van der Waals surface area contributed by atoms with Crippen LogP contribution >= 0.6 is 0 Å². The lowest BCUT2D eigenvalue weighted by Crippen LogP contribution is -1.91. The normalized spacial score (nSPS) is 10.2. The summed E-state index contributed by atoms with van der Waals surface area (Å²) < 4.78 is 0. The molecule has 1 heteroatoms. The lowest BCUT2D eigenvalue weighted by Gasteiger charge is -2.02. The maximum absolute atomic E-state index is 5.65. The van der Waals surface area contributed by atoms with Crippen LogP contribution in [0, 0.1) is 0 Å². The van der Waals surface area contributed by atoms with E-state index in [1.54, 1.807) is 0 Å². The second-order valence-corrected chi connectivity index (χ2v) is 4.08. The van der Waals surface area contributed by atoms with Gasteiger partial charge in [-0.2, -0.15) is 0 Å². The largest absolute Gasteiger partial charge is 0.399 e. The number of hydrogen-bond acceptors (Lipinski definition) is 1. The van der Waals surface area contributed by atoms with E-state index in [0.717, 1.165) is 18.5 Å². The third kappa shape index (κ3) is 3.13. The first-order valence-corrected chi connectivity index (χ1v) is 5.73. The summed E-state index contributed by atoms with van der Waals surface area (Å²) >= 11 is 0. The molecule has 0 aliphatic heterocycles. The van der Waals surface area contributed by atoms with Crippen molar-refractivity contribution in [3.05, 3.63) is 65.7 Å². The number of nitrogen functional groups attached to an aromatic ring is 1. The molecular formula is C15H17N. The van der Waals surface area contributed by atoms with Gasteiger partial charge in [-0.25, -0.2) is 0 Å². The molecule has 1 nitrogen and oxygen atoms in total. The van der Waals surface area contributed by atoms with Crippen molar-refractivity contribution >= 4 is 5.69 Å². The van der Waals surface area contributed by atoms with Crippen molar-refractivity contribution in [1.82, 2.24) is 0 Å². The molecule has 0 unspecified atom stereocenters. The Labute approximate surface area is 96.9 Å². The average molecular weight is 211 g/mol. The third-order valence-corrected chi connectivity index (χ3v) is 2.75. The van der Waals surface area contributed by atoms with Crippen LogP contribution in [-0.2, 0) is 12.8 Å². The molecule has 0 spiro atoms. The van der Waals surface area contributed by atoms with Crippen LogP contribution < -0.4 is 5.73 Å².